The number of nitrogens with zero attached hydrogens (tertiary/aromatic N) is 3. The van der Waals surface area contributed by atoms with Crippen molar-refractivity contribution in [2.75, 3.05) is 24.5 Å². The van der Waals surface area contributed by atoms with Gasteiger partial charge in [-0.15, -0.1) is 0 Å². The fourth-order valence-electron chi connectivity index (χ4n) is 6.55. The van der Waals surface area contributed by atoms with Gasteiger partial charge in [-0.2, -0.15) is 0 Å². The molecule has 0 aliphatic carbocycles. The Kier molecular flexibility index (Phi) is 8.25. The number of aryl methyl sites for hydroxylation is 1. The molecule has 0 saturated carbocycles. The van der Waals surface area contributed by atoms with Gasteiger partial charge in [0.15, 0.2) is 0 Å². The molecule has 0 aromatic heterocycles. The molecule has 4 nitrogen and oxygen atoms in total. The van der Waals surface area contributed by atoms with E-state index in [1.54, 1.807) is 0 Å². The van der Waals surface area contributed by atoms with Crippen LogP contribution in [0.4, 0.5) is 11.4 Å². The van der Waals surface area contributed by atoms with Gasteiger partial charge in [0.25, 0.3) is 5.91 Å². The molecule has 2 heterocycles. The Morgan fingerprint density at radius 2 is 1.35 bits per heavy atom. The smallest absolute Gasteiger partial charge is 0.253 e. The summed E-state index contributed by atoms with van der Waals surface area (Å²) in [5, 5.41) is 0. The maximum atomic E-state index is 12.9. The number of piperidine rings is 1. The number of amides is 1. The van der Waals surface area contributed by atoms with Crippen molar-refractivity contribution in [3.63, 3.8) is 0 Å². The van der Waals surface area contributed by atoms with E-state index >= 15 is 0 Å². The number of rotatable bonds is 10. The lowest BCUT2D eigenvalue weighted by Crippen LogP contribution is -2.49. The van der Waals surface area contributed by atoms with Gasteiger partial charge in [-0.1, -0.05) is 48.5 Å². The standard InChI is InChI=1S/C33H41N3O/c1-3-34(4-2)33(37)27-17-19-29(20-18-27)36(28-15-9-6-10-16-28)32-24-30-21-22-31(25-32)35(30)23-11-14-26-12-7-5-8-13-26/h5-10,12-13,15-20,30-32H,3-4,11,14,21-25H2,1-2H3/t30-,31+,32?. The van der Waals surface area contributed by atoms with Crippen LogP contribution < -0.4 is 4.90 Å². The predicted octanol–water partition coefficient (Wildman–Crippen LogP) is 6.93. The minimum Gasteiger partial charge on any atom is -0.339 e. The highest BCUT2D eigenvalue weighted by molar-refractivity contribution is 5.94. The molecule has 1 amide bonds. The molecule has 3 atom stereocenters. The quantitative estimate of drug-likeness (QED) is 0.305. The average Bonchev–Trinajstić information content (AvgIpc) is 3.18. The first-order valence-electron chi connectivity index (χ1n) is 14.2. The van der Waals surface area contributed by atoms with Gasteiger partial charge in [-0.3, -0.25) is 9.69 Å². The molecule has 2 aliphatic heterocycles. The van der Waals surface area contributed by atoms with Crippen LogP contribution in [0.25, 0.3) is 0 Å². The van der Waals surface area contributed by atoms with E-state index in [0.29, 0.717) is 18.1 Å². The Morgan fingerprint density at radius 3 is 1.95 bits per heavy atom. The highest BCUT2D eigenvalue weighted by Gasteiger charge is 2.42. The van der Waals surface area contributed by atoms with Crippen molar-refractivity contribution in [1.29, 1.82) is 0 Å². The van der Waals surface area contributed by atoms with Gasteiger partial charge in [0.05, 0.1) is 0 Å². The van der Waals surface area contributed by atoms with Crippen LogP contribution in [0.3, 0.4) is 0 Å². The van der Waals surface area contributed by atoms with Gasteiger partial charge in [0.1, 0.15) is 0 Å². The lowest BCUT2D eigenvalue weighted by molar-refractivity contribution is 0.0773. The first kappa shape index (κ1) is 25.5. The van der Waals surface area contributed by atoms with Gasteiger partial charge in [0, 0.05) is 48.2 Å². The molecule has 194 valence electrons. The maximum absolute atomic E-state index is 12.9. The van der Waals surface area contributed by atoms with Crippen LogP contribution in [-0.4, -0.2) is 53.5 Å². The first-order chi connectivity index (χ1) is 18.2. The van der Waals surface area contributed by atoms with Crippen molar-refractivity contribution >= 4 is 17.3 Å². The lowest BCUT2D eigenvalue weighted by Gasteiger charge is -2.44. The second kappa shape index (κ2) is 12.0. The van der Waals surface area contributed by atoms with Crippen molar-refractivity contribution in [3.05, 3.63) is 96.1 Å². The highest BCUT2D eigenvalue weighted by atomic mass is 16.2. The van der Waals surface area contributed by atoms with Crippen molar-refractivity contribution in [2.45, 2.75) is 70.5 Å². The molecule has 3 aromatic carbocycles. The van der Waals surface area contributed by atoms with Crippen LogP contribution in [0, 0.1) is 0 Å². The van der Waals surface area contributed by atoms with Crippen LogP contribution in [-0.2, 0) is 6.42 Å². The predicted molar refractivity (Wildman–Crippen MR) is 154 cm³/mol. The summed E-state index contributed by atoms with van der Waals surface area (Å²) in [7, 11) is 0. The molecule has 3 aromatic rings. The Morgan fingerprint density at radius 1 is 0.784 bits per heavy atom. The van der Waals surface area contributed by atoms with E-state index in [0.717, 1.165) is 25.1 Å². The van der Waals surface area contributed by atoms with Crippen LogP contribution in [0.5, 0.6) is 0 Å². The number of fused-ring (bicyclic) bond motifs is 2. The van der Waals surface area contributed by atoms with E-state index in [1.807, 2.05) is 30.9 Å². The number of benzene rings is 3. The summed E-state index contributed by atoms with van der Waals surface area (Å²) >= 11 is 0. The molecular weight excluding hydrogens is 454 g/mol. The van der Waals surface area contributed by atoms with Crippen LogP contribution in [0.1, 0.15) is 61.9 Å². The largest absolute Gasteiger partial charge is 0.339 e. The maximum Gasteiger partial charge on any atom is 0.253 e. The molecule has 2 bridgehead atoms. The van der Waals surface area contributed by atoms with E-state index in [9.17, 15) is 4.79 Å². The average molecular weight is 496 g/mol. The van der Waals surface area contributed by atoms with Gasteiger partial charge in [-0.05, 0) is 101 Å². The second-order valence-corrected chi connectivity index (χ2v) is 10.6. The van der Waals surface area contributed by atoms with Crippen LogP contribution in [0.2, 0.25) is 0 Å². The molecule has 1 unspecified atom stereocenters. The van der Waals surface area contributed by atoms with Crippen LogP contribution >= 0.6 is 0 Å². The third kappa shape index (κ3) is 5.75. The van der Waals surface area contributed by atoms with E-state index in [4.69, 9.17) is 0 Å². The Labute approximate surface area is 222 Å². The number of para-hydroxylation sites is 1. The first-order valence-corrected chi connectivity index (χ1v) is 14.2. The summed E-state index contributed by atoms with van der Waals surface area (Å²) < 4.78 is 0. The molecule has 0 radical (unpaired) electrons. The molecule has 2 aliphatic rings. The SMILES string of the molecule is CCN(CC)C(=O)c1ccc(N(c2ccccc2)C2C[C@H]3CC[C@@H](C2)N3CCCc2ccccc2)cc1. The van der Waals surface area contributed by atoms with Crippen molar-refractivity contribution < 1.29 is 4.79 Å². The van der Waals surface area contributed by atoms with E-state index in [-0.39, 0.29) is 5.91 Å². The molecule has 37 heavy (non-hydrogen) atoms. The van der Waals surface area contributed by atoms with Crippen molar-refractivity contribution in [3.8, 4) is 0 Å². The van der Waals surface area contributed by atoms with Crippen LogP contribution in [0.15, 0.2) is 84.9 Å². The molecule has 0 N–H and O–H groups in total. The van der Waals surface area contributed by atoms with Gasteiger partial charge >= 0.3 is 0 Å². The third-order valence-corrected chi connectivity index (χ3v) is 8.43. The number of carbonyl (C=O) groups is 1. The monoisotopic (exact) mass is 495 g/mol. The summed E-state index contributed by atoms with van der Waals surface area (Å²) in [6.07, 6.45) is 7.40. The fourth-order valence-corrected chi connectivity index (χ4v) is 6.55. The normalized spacial score (nSPS) is 21.1. The Bertz CT molecular complexity index is 1110. The molecule has 2 fully saturated rings. The van der Waals surface area contributed by atoms with Gasteiger partial charge in [0.2, 0.25) is 0 Å². The van der Waals surface area contributed by atoms with Crippen molar-refractivity contribution in [2.24, 2.45) is 0 Å². The molecule has 2 saturated heterocycles. The minimum absolute atomic E-state index is 0.115. The second-order valence-electron chi connectivity index (χ2n) is 10.6. The third-order valence-electron chi connectivity index (χ3n) is 8.43. The number of carbonyl (C=O) groups excluding carboxylic acids is 1. The van der Waals surface area contributed by atoms with Gasteiger partial charge < -0.3 is 9.80 Å². The summed E-state index contributed by atoms with van der Waals surface area (Å²) in [6.45, 7) is 6.74. The fraction of sp³-hybridized carbons (Fsp3) is 0.424. The minimum atomic E-state index is 0.115. The summed E-state index contributed by atoms with van der Waals surface area (Å²) in [5.41, 5.74) is 4.65. The zero-order chi connectivity index (χ0) is 25.6. The molecule has 4 heteroatoms. The Balaban J connectivity index is 1.31. The summed E-state index contributed by atoms with van der Waals surface area (Å²) in [6, 6.07) is 31.8. The summed E-state index contributed by atoms with van der Waals surface area (Å²) in [4.78, 5) is 20.1. The molecule has 0 spiro atoms. The number of hydrogen-bond donors (Lipinski definition) is 0. The highest BCUT2D eigenvalue weighted by Crippen LogP contribution is 2.41. The zero-order valence-electron chi connectivity index (χ0n) is 22.4. The van der Waals surface area contributed by atoms with E-state index in [2.05, 4.69) is 82.6 Å². The van der Waals surface area contributed by atoms with E-state index in [1.165, 1.54) is 55.6 Å². The zero-order valence-corrected chi connectivity index (χ0v) is 22.4. The topological polar surface area (TPSA) is 26.8 Å². The molecule has 5 rings (SSSR count). The number of anilines is 2. The lowest BCUT2D eigenvalue weighted by atomic mass is 9.94. The summed E-state index contributed by atoms with van der Waals surface area (Å²) in [5.74, 6) is 0.115. The molecular formula is C33H41N3O. The Hall–Kier alpha value is -3.11. The number of hydrogen-bond acceptors (Lipinski definition) is 3. The van der Waals surface area contributed by atoms with Crippen molar-refractivity contribution in [1.82, 2.24) is 9.80 Å². The van der Waals surface area contributed by atoms with E-state index < -0.39 is 0 Å². The van der Waals surface area contributed by atoms with Gasteiger partial charge in [-0.25, -0.2) is 0 Å².